The lowest BCUT2D eigenvalue weighted by Crippen LogP contribution is -2.43. The molecule has 1 saturated heterocycles. The highest BCUT2D eigenvalue weighted by atomic mass is 35.5. The minimum Gasteiger partial charge on any atom is -0.337 e. The van der Waals surface area contributed by atoms with Crippen LogP contribution in [0.1, 0.15) is 23.3 Å². The zero-order valence-electron chi connectivity index (χ0n) is 8.87. The predicted molar refractivity (Wildman–Crippen MR) is 57.1 cm³/mol. The van der Waals surface area contributed by atoms with Gasteiger partial charge in [0.25, 0.3) is 11.8 Å². The van der Waals surface area contributed by atoms with Gasteiger partial charge < -0.3 is 4.90 Å². The smallest absolute Gasteiger partial charge is 0.274 e. The van der Waals surface area contributed by atoms with Gasteiger partial charge in [-0.3, -0.25) is 9.78 Å². The lowest BCUT2D eigenvalue weighted by Gasteiger charge is -2.31. The molecule has 4 nitrogen and oxygen atoms in total. The Morgan fingerprint density at radius 3 is 2.59 bits per heavy atom. The van der Waals surface area contributed by atoms with Gasteiger partial charge in [0.05, 0.1) is 12.4 Å². The Morgan fingerprint density at radius 2 is 2.00 bits per heavy atom. The standard InChI is InChI=1S/C10H10ClF2N3O/c11-8-6-14-5-7(15-8)9(17)16-3-1-10(12,13)2-4-16/h5-6H,1-4H2. The predicted octanol–water partition coefficient (Wildman–Crippen LogP) is 2.00. The lowest BCUT2D eigenvalue weighted by atomic mass is 10.1. The fourth-order valence-electron chi connectivity index (χ4n) is 1.64. The third kappa shape index (κ3) is 2.88. The fourth-order valence-corrected chi connectivity index (χ4v) is 1.79. The van der Waals surface area contributed by atoms with Crippen LogP contribution in [0.5, 0.6) is 0 Å². The van der Waals surface area contributed by atoms with E-state index in [1.54, 1.807) is 0 Å². The van der Waals surface area contributed by atoms with Crippen LogP contribution in [0.3, 0.4) is 0 Å². The Labute approximate surface area is 102 Å². The van der Waals surface area contributed by atoms with Crippen LogP contribution in [-0.2, 0) is 0 Å². The summed E-state index contributed by atoms with van der Waals surface area (Å²) >= 11 is 5.61. The molecule has 1 aromatic rings. The van der Waals surface area contributed by atoms with Gasteiger partial charge in [-0.15, -0.1) is 0 Å². The highest BCUT2D eigenvalue weighted by Crippen LogP contribution is 2.28. The summed E-state index contributed by atoms with van der Waals surface area (Å²) in [4.78, 5) is 20.8. The number of halogens is 3. The van der Waals surface area contributed by atoms with Gasteiger partial charge in [0, 0.05) is 25.9 Å². The Balaban J connectivity index is 2.07. The number of aromatic nitrogens is 2. The maximum atomic E-state index is 12.9. The molecule has 92 valence electrons. The Hall–Kier alpha value is -1.30. The summed E-state index contributed by atoms with van der Waals surface area (Å²) in [6.45, 7) is 0.0556. The molecule has 2 rings (SSSR count). The van der Waals surface area contributed by atoms with Crippen molar-refractivity contribution in [1.82, 2.24) is 14.9 Å². The van der Waals surface area contributed by atoms with Gasteiger partial charge in [-0.05, 0) is 0 Å². The first-order valence-corrected chi connectivity index (χ1v) is 5.50. The minimum absolute atomic E-state index is 0.0278. The van der Waals surface area contributed by atoms with Gasteiger partial charge >= 0.3 is 0 Å². The van der Waals surface area contributed by atoms with E-state index in [4.69, 9.17) is 11.6 Å². The summed E-state index contributed by atoms with van der Waals surface area (Å²) in [7, 11) is 0. The number of carbonyl (C=O) groups is 1. The van der Waals surface area contributed by atoms with Gasteiger partial charge in [-0.1, -0.05) is 11.6 Å². The van der Waals surface area contributed by atoms with Crippen molar-refractivity contribution in [3.8, 4) is 0 Å². The van der Waals surface area contributed by atoms with Crippen LogP contribution >= 0.6 is 11.6 Å². The molecule has 7 heteroatoms. The molecular weight excluding hydrogens is 252 g/mol. The van der Waals surface area contributed by atoms with Crippen molar-refractivity contribution in [3.05, 3.63) is 23.2 Å². The molecule has 1 amide bonds. The molecule has 0 saturated carbocycles. The number of nitrogens with zero attached hydrogens (tertiary/aromatic N) is 3. The van der Waals surface area contributed by atoms with Crippen molar-refractivity contribution in [3.63, 3.8) is 0 Å². The second kappa shape index (κ2) is 4.52. The second-order valence-electron chi connectivity index (χ2n) is 3.88. The zero-order chi connectivity index (χ0) is 12.5. The molecule has 0 atom stereocenters. The molecule has 17 heavy (non-hydrogen) atoms. The largest absolute Gasteiger partial charge is 0.337 e. The number of hydrogen-bond acceptors (Lipinski definition) is 3. The molecule has 0 spiro atoms. The molecule has 1 fully saturated rings. The maximum Gasteiger partial charge on any atom is 0.274 e. The third-order valence-electron chi connectivity index (χ3n) is 2.61. The maximum absolute atomic E-state index is 12.9. The van der Waals surface area contributed by atoms with Crippen molar-refractivity contribution in [2.75, 3.05) is 13.1 Å². The van der Waals surface area contributed by atoms with Crippen LogP contribution in [-0.4, -0.2) is 39.8 Å². The number of likely N-dealkylation sites (tertiary alicyclic amines) is 1. The summed E-state index contributed by atoms with van der Waals surface area (Å²) < 4.78 is 25.8. The normalized spacial score (nSPS) is 19.1. The fraction of sp³-hybridized carbons (Fsp3) is 0.500. The Morgan fingerprint density at radius 1 is 1.35 bits per heavy atom. The average Bonchev–Trinajstić information content (AvgIpc) is 2.28. The first-order chi connectivity index (χ1) is 7.98. The molecule has 1 aliphatic heterocycles. The van der Waals surface area contributed by atoms with Crippen LogP contribution in [0.4, 0.5) is 8.78 Å². The number of amides is 1. The number of hydrogen-bond donors (Lipinski definition) is 0. The molecule has 0 aromatic carbocycles. The first kappa shape index (κ1) is 12.2. The molecule has 0 bridgehead atoms. The Bertz CT molecular complexity index is 431. The summed E-state index contributed by atoms with van der Waals surface area (Å²) in [5.41, 5.74) is 0.0858. The highest BCUT2D eigenvalue weighted by molar-refractivity contribution is 6.29. The SMILES string of the molecule is O=C(c1cncc(Cl)n1)N1CCC(F)(F)CC1. The van der Waals surface area contributed by atoms with Gasteiger partial charge in [-0.2, -0.15) is 0 Å². The van der Waals surface area contributed by atoms with E-state index in [0.29, 0.717) is 0 Å². The summed E-state index contributed by atoms with van der Waals surface area (Å²) in [6, 6.07) is 0. The van der Waals surface area contributed by atoms with E-state index in [1.807, 2.05) is 0 Å². The van der Waals surface area contributed by atoms with E-state index in [1.165, 1.54) is 17.3 Å². The summed E-state index contributed by atoms with van der Waals surface area (Å²) in [5, 5.41) is 0.109. The van der Waals surface area contributed by atoms with Gasteiger partial charge in [0.15, 0.2) is 0 Å². The van der Waals surface area contributed by atoms with Crippen LogP contribution in [0.25, 0.3) is 0 Å². The summed E-state index contributed by atoms with van der Waals surface area (Å²) in [5.74, 6) is -3.08. The molecule has 0 radical (unpaired) electrons. The highest BCUT2D eigenvalue weighted by Gasteiger charge is 2.36. The molecule has 2 heterocycles. The van der Waals surface area contributed by atoms with Crippen LogP contribution in [0.2, 0.25) is 5.15 Å². The average molecular weight is 262 g/mol. The van der Waals surface area contributed by atoms with Crippen molar-refractivity contribution in [2.45, 2.75) is 18.8 Å². The van der Waals surface area contributed by atoms with Crippen LogP contribution < -0.4 is 0 Å². The molecule has 0 unspecified atom stereocenters. The van der Waals surface area contributed by atoms with E-state index >= 15 is 0 Å². The van der Waals surface area contributed by atoms with Crippen molar-refractivity contribution in [1.29, 1.82) is 0 Å². The quantitative estimate of drug-likeness (QED) is 0.777. The van der Waals surface area contributed by atoms with E-state index in [2.05, 4.69) is 9.97 Å². The number of alkyl halides is 2. The minimum atomic E-state index is -2.67. The number of piperidine rings is 1. The van der Waals surface area contributed by atoms with Crippen molar-refractivity contribution >= 4 is 17.5 Å². The lowest BCUT2D eigenvalue weighted by molar-refractivity contribution is -0.0495. The third-order valence-corrected chi connectivity index (χ3v) is 2.79. The first-order valence-electron chi connectivity index (χ1n) is 5.13. The molecule has 1 aliphatic rings. The van der Waals surface area contributed by atoms with E-state index in [0.717, 1.165) is 0 Å². The molecule has 1 aromatic heterocycles. The van der Waals surface area contributed by atoms with Crippen LogP contribution in [0, 0.1) is 0 Å². The van der Waals surface area contributed by atoms with Gasteiger partial charge in [-0.25, -0.2) is 13.8 Å². The van der Waals surface area contributed by atoms with Crippen molar-refractivity contribution < 1.29 is 13.6 Å². The molecule has 0 aliphatic carbocycles. The number of carbonyl (C=O) groups excluding carboxylic acids is 1. The Kier molecular flexibility index (Phi) is 3.24. The number of rotatable bonds is 1. The summed E-state index contributed by atoms with van der Waals surface area (Å²) in [6.07, 6.45) is 1.96. The second-order valence-corrected chi connectivity index (χ2v) is 4.26. The molecule has 0 N–H and O–H groups in total. The van der Waals surface area contributed by atoms with Crippen LogP contribution in [0.15, 0.2) is 12.4 Å². The van der Waals surface area contributed by atoms with Crippen molar-refractivity contribution in [2.24, 2.45) is 0 Å². The van der Waals surface area contributed by atoms with E-state index in [9.17, 15) is 13.6 Å². The topological polar surface area (TPSA) is 46.1 Å². The monoisotopic (exact) mass is 261 g/mol. The zero-order valence-corrected chi connectivity index (χ0v) is 9.62. The van der Waals surface area contributed by atoms with Gasteiger partial charge in [0.2, 0.25) is 0 Å². The van der Waals surface area contributed by atoms with E-state index in [-0.39, 0.29) is 36.8 Å². The van der Waals surface area contributed by atoms with E-state index < -0.39 is 11.8 Å². The van der Waals surface area contributed by atoms with Gasteiger partial charge in [0.1, 0.15) is 10.8 Å². The molecular formula is C10H10ClF2N3O.